The molecule has 0 amide bonds. The maximum absolute atomic E-state index is 12.8. The Balaban J connectivity index is 0.00000320. The summed E-state index contributed by atoms with van der Waals surface area (Å²) < 4.78 is 32.9. The molecule has 0 aliphatic carbocycles. The summed E-state index contributed by atoms with van der Waals surface area (Å²) in [6, 6.07) is 7.10. The molecule has 0 saturated carbocycles. The quantitative estimate of drug-likeness (QED) is 0.310. The number of halogens is 1. The molecular weight excluding hydrogens is 515 g/mol. The number of ether oxygens (including phenoxy) is 1. The third-order valence-corrected chi connectivity index (χ3v) is 7.48. The third-order valence-electron chi connectivity index (χ3n) is 5.57. The van der Waals surface area contributed by atoms with Crippen LogP contribution in [0.25, 0.3) is 0 Å². The molecule has 2 saturated heterocycles. The molecule has 30 heavy (non-hydrogen) atoms. The van der Waals surface area contributed by atoms with Crippen molar-refractivity contribution in [3.63, 3.8) is 0 Å². The van der Waals surface area contributed by atoms with E-state index in [0.717, 1.165) is 56.8 Å². The van der Waals surface area contributed by atoms with Gasteiger partial charge in [-0.2, -0.15) is 4.31 Å². The Labute approximate surface area is 198 Å². The molecule has 1 aromatic rings. The van der Waals surface area contributed by atoms with Crippen LogP contribution in [-0.4, -0.2) is 57.1 Å². The fourth-order valence-corrected chi connectivity index (χ4v) is 5.30. The maximum Gasteiger partial charge on any atom is 0.243 e. The van der Waals surface area contributed by atoms with Crippen molar-refractivity contribution in [1.29, 1.82) is 0 Å². The second-order valence-electron chi connectivity index (χ2n) is 8.06. The average Bonchev–Trinajstić information content (AvgIpc) is 3.18. The van der Waals surface area contributed by atoms with Gasteiger partial charge < -0.3 is 15.4 Å². The van der Waals surface area contributed by atoms with E-state index in [4.69, 9.17) is 4.74 Å². The Kier molecular flexibility index (Phi) is 9.83. The van der Waals surface area contributed by atoms with Gasteiger partial charge >= 0.3 is 0 Å². The first-order valence-electron chi connectivity index (χ1n) is 10.7. The van der Waals surface area contributed by atoms with Crippen molar-refractivity contribution < 1.29 is 13.2 Å². The summed E-state index contributed by atoms with van der Waals surface area (Å²) in [6.45, 7) is 8.19. The van der Waals surface area contributed by atoms with Crippen molar-refractivity contribution in [1.82, 2.24) is 14.9 Å². The smallest absolute Gasteiger partial charge is 0.243 e. The van der Waals surface area contributed by atoms with E-state index in [2.05, 4.69) is 22.5 Å². The van der Waals surface area contributed by atoms with Crippen LogP contribution in [0, 0.1) is 0 Å². The van der Waals surface area contributed by atoms with Crippen LogP contribution in [0.5, 0.6) is 0 Å². The van der Waals surface area contributed by atoms with E-state index in [-0.39, 0.29) is 29.6 Å². The number of sulfonamides is 1. The molecule has 3 rings (SSSR count). The second-order valence-corrected chi connectivity index (χ2v) is 10.00. The van der Waals surface area contributed by atoms with E-state index in [0.29, 0.717) is 31.1 Å². The van der Waals surface area contributed by atoms with Gasteiger partial charge in [0, 0.05) is 32.8 Å². The number of aliphatic imine (C=N–C) groups is 1. The first-order valence-corrected chi connectivity index (χ1v) is 12.1. The number of guanidine groups is 1. The predicted octanol–water partition coefficient (Wildman–Crippen LogP) is 3.10. The lowest BCUT2D eigenvalue weighted by Crippen LogP contribution is -2.45. The molecule has 2 aliphatic rings. The Morgan fingerprint density at radius 3 is 2.43 bits per heavy atom. The minimum atomic E-state index is -3.38. The van der Waals surface area contributed by atoms with Crippen LogP contribution in [0.2, 0.25) is 0 Å². The molecule has 7 nitrogen and oxygen atoms in total. The van der Waals surface area contributed by atoms with Gasteiger partial charge in [-0.3, -0.25) is 0 Å². The first kappa shape index (κ1) is 25.4. The number of rotatable bonds is 7. The van der Waals surface area contributed by atoms with E-state index in [1.165, 1.54) is 0 Å². The molecule has 2 aliphatic heterocycles. The van der Waals surface area contributed by atoms with Gasteiger partial charge in [0.2, 0.25) is 10.0 Å². The molecule has 2 N–H and O–H groups in total. The monoisotopic (exact) mass is 550 g/mol. The second kappa shape index (κ2) is 11.6. The van der Waals surface area contributed by atoms with Gasteiger partial charge in [-0.1, -0.05) is 18.6 Å². The Bertz CT molecular complexity index is 787. The molecular formula is C21H35IN4O3S. The number of piperidine rings is 1. The van der Waals surface area contributed by atoms with E-state index >= 15 is 0 Å². The van der Waals surface area contributed by atoms with Crippen molar-refractivity contribution in [2.75, 3.05) is 32.8 Å². The van der Waals surface area contributed by atoms with Crippen LogP contribution in [0.15, 0.2) is 34.2 Å². The number of benzene rings is 1. The normalized spacial score (nSPS) is 23.1. The molecule has 2 heterocycles. The van der Waals surface area contributed by atoms with Crippen LogP contribution >= 0.6 is 24.0 Å². The van der Waals surface area contributed by atoms with Gasteiger partial charge in [0.05, 0.1) is 17.0 Å². The minimum Gasteiger partial charge on any atom is -0.373 e. The fourth-order valence-electron chi connectivity index (χ4n) is 3.78. The summed E-state index contributed by atoms with van der Waals surface area (Å²) in [5.41, 5.74) is 0.837. The number of nitrogens with zero attached hydrogens (tertiary/aromatic N) is 2. The number of hydrogen-bond acceptors (Lipinski definition) is 4. The SMILES string of the molecule is CCNC(=NCc1ccc(S(=O)(=O)N2CCCCC2)cc1)NCC1(C)CCCO1.I. The highest BCUT2D eigenvalue weighted by Crippen LogP contribution is 2.24. The topological polar surface area (TPSA) is 83.0 Å². The standard InChI is InChI=1S/C21H34N4O3S.HI/c1-3-22-20(24-17-21(2)12-7-15-28-21)23-16-18-8-10-19(11-9-18)29(26,27)25-13-5-4-6-14-25;/h8-11H,3-7,12-17H2,1-2H3,(H2,22,23,24);1H. The molecule has 0 spiro atoms. The van der Waals surface area contributed by atoms with Gasteiger partial charge in [0.15, 0.2) is 5.96 Å². The molecule has 0 aromatic heterocycles. The summed E-state index contributed by atoms with van der Waals surface area (Å²) in [5, 5.41) is 6.62. The molecule has 2 fully saturated rings. The zero-order valence-corrected chi connectivity index (χ0v) is 21.2. The Morgan fingerprint density at radius 2 is 1.83 bits per heavy atom. The Hall–Kier alpha value is -0.910. The number of nitrogens with one attached hydrogen (secondary N) is 2. The van der Waals surface area contributed by atoms with Crippen molar-refractivity contribution in [3.8, 4) is 0 Å². The van der Waals surface area contributed by atoms with Crippen molar-refractivity contribution >= 4 is 40.0 Å². The summed E-state index contributed by atoms with van der Waals surface area (Å²) in [4.78, 5) is 5.00. The zero-order chi connectivity index (χ0) is 20.7. The largest absolute Gasteiger partial charge is 0.373 e. The van der Waals surface area contributed by atoms with Gasteiger partial charge in [-0.25, -0.2) is 13.4 Å². The van der Waals surface area contributed by atoms with Crippen molar-refractivity contribution in [2.24, 2.45) is 4.99 Å². The molecule has 170 valence electrons. The molecule has 9 heteroatoms. The zero-order valence-electron chi connectivity index (χ0n) is 18.0. The molecule has 1 unspecified atom stereocenters. The highest BCUT2D eigenvalue weighted by molar-refractivity contribution is 14.0. The molecule has 0 bridgehead atoms. The predicted molar refractivity (Wildman–Crippen MR) is 131 cm³/mol. The average molecular weight is 551 g/mol. The molecule has 1 atom stereocenters. The van der Waals surface area contributed by atoms with Crippen molar-refractivity contribution in [2.45, 2.75) is 63.0 Å². The summed E-state index contributed by atoms with van der Waals surface area (Å²) in [5.74, 6) is 0.745. The third kappa shape index (κ3) is 6.80. The lowest BCUT2D eigenvalue weighted by molar-refractivity contribution is 0.0243. The van der Waals surface area contributed by atoms with E-state index in [9.17, 15) is 8.42 Å². The summed E-state index contributed by atoms with van der Waals surface area (Å²) >= 11 is 0. The molecule has 1 aromatic carbocycles. The van der Waals surface area contributed by atoms with Gasteiger partial charge in [0.1, 0.15) is 0 Å². The highest BCUT2D eigenvalue weighted by Gasteiger charge is 2.29. The van der Waals surface area contributed by atoms with E-state index < -0.39 is 10.0 Å². The minimum absolute atomic E-state index is 0. The highest BCUT2D eigenvalue weighted by atomic mass is 127. The first-order chi connectivity index (χ1) is 13.9. The summed E-state index contributed by atoms with van der Waals surface area (Å²) in [7, 11) is -3.38. The van der Waals surface area contributed by atoms with E-state index in [1.54, 1.807) is 16.4 Å². The lowest BCUT2D eigenvalue weighted by Gasteiger charge is -2.25. The van der Waals surface area contributed by atoms with E-state index in [1.807, 2.05) is 19.1 Å². The summed E-state index contributed by atoms with van der Waals surface area (Å²) in [6.07, 6.45) is 5.13. The van der Waals surface area contributed by atoms with Crippen LogP contribution < -0.4 is 10.6 Å². The van der Waals surface area contributed by atoms with Gasteiger partial charge in [-0.15, -0.1) is 24.0 Å². The van der Waals surface area contributed by atoms with Gasteiger partial charge in [0.25, 0.3) is 0 Å². The fraction of sp³-hybridized carbons (Fsp3) is 0.667. The van der Waals surface area contributed by atoms with Crippen LogP contribution in [0.3, 0.4) is 0 Å². The van der Waals surface area contributed by atoms with Crippen LogP contribution in [-0.2, 0) is 21.3 Å². The van der Waals surface area contributed by atoms with Crippen LogP contribution in [0.1, 0.15) is 51.5 Å². The maximum atomic E-state index is 12.8. The molecule has 0 radical (unpaired) electrons. The Morgan fingerprint density at radius 1 is 1.13 bits per heavy atom. The van der Waals surface area contributed by atoms with Crippen molar-refractivity contribution in [3.05, 3.63) is 29.8 Å². The van der Waals surface area contributed by atoms with Gasteiger partial charge in [-0.05, 0) is 57.2 Å². The lowest BCUT2D eigenvalue weighted by atomic mass is 10.0. The van der Waals surface area contributed by atoms with Crippen LogP contribution in [0.4, 0.5) is 0 Å². The number of hydrogen-bond donors (Lipinski definition) is 2.